The van der Waals surface area contributed by atoms with Crippen molar-refractivity contribution in [3.63, 3.8) is 0 Å². The molecule has 11 heteroatoms. The van der Waals surface area contributed by atoms with Crippen molar-refractivity contribution in [1.29, 1.82) is 0 Å². The molecule has 0 radical (unpaired) electrons. The molecule has 2 heterocycles. The summed E-state index contributed by atoms with van der Waals surface area (Å²) in [5, 5.41) is 0.422. The summed E-state index contributed by atoms with van der Waals surface area (Å²) >= 11 is 6.66. The minimum Gasteiger partial charge on any atom is -0.467 e. The Morgan fingerprint density at radius 3 is 2.10 bits per heavy atom. The van der Waals surface area contributed by atoms with Crippen molar-refractivity contribution in [2.24, 2.45) is 5.92 Å². The van der Waals surface area contributed by atoms with E-state index < -0.39 is 41.8 Å². The van der Waals surface area contributed by atoms with Crippen LogP contribution < -0.4 is 4.74 Å². The smallest absolute Gasteiger partial charge is 0.467 e. The highest BCUT2D eigenvalue weighted by Crippen LogP contribution is 2.54. The summed E-state index contributed by atoms with van der Waals surface area (Å²) in [6, 6.07) is 30.1. The molecule has 48 heavy (non-hydrogen) atoms. The number of hydrogen-bond donors (Lipinski definition) is 0. The Morgan fingerprint density at radius 2 is 1.50 bits per heavy atom. The average molecular weight is 683 g/mol. The quantitative estimate of drug-likeness (QED) is 0.150. The van der Waals surface area contributed by atoms with E-state index in [1.54, 1.807) is 18.2 Å². The van der Waals surface area contributed by atoms with Gasteiger partial charge >= 0.3 is 12.3 Å². The van der Waals surface area contributed by atoms with Gasteiger partial charge in [-0.1, -0.05) is 97.4 Å². The van der Waals surface area contributed by atoms with Crippen LogP contribution in [0.4, 0.5) is 13.2 Å². The van der Waals surface area contributed by atoms with E-state index in [0.717, 1.165) is 11.1 Å². The van der Waals surface area contributed by atoms with Crippen molar-refractivity contribution in [3.05, 3.63) is 136 Å². The zero-order valence-electron chi connectivity index (χ0n) is 26.2. The second kappa shape index (κ2) is 13.9. The van der Waals surface area contributed by atoms with Crippen molar-refractivity contribution in [3.8, 4) is 5.75 Å². The molecule has 0 spiro atoms. The summed E-state index contributed by atoms with van der Waals surface area (Å²) in [5.74, 6) is -3.08. The van der Waals surface area contributed by atoms with E-state index in [1.165, 1.54) is 31.4 Å². The van der Waals surface area contributed by atoms with E-state index >= 15 is 0 Å². The molecule has 0 aromatic heterocycles. The Morgan fingerprint density at radius 1 is 0.875 bits per heavy atom. The van der Waals surface area contributed by atoms with Gasteiger partial charge in [-0.25, -0.2) is 4.79 Å². The molecule has 6 rings (SSSR count). The number of hydrogen-bond acceptors (Lipinski definition) is 7. The lowest BCUT2D eigenvalue weighted by Gasteiger charge is -2.49. The molecule has 0 unspecified atom stereocenters. The van der Waals surface area contributed by atoms with Gasteiger partial charge in [-0.15, -0.1) is 13.2 Å². The standard InChI is InChI=1S/C37H34ClF3O7/c1-24-32(44-21-26-9-5-3-6-10-26)33(45-22-27-11-7-4-8-12-27)36(46-23-35(24,48-36)34(42)43-2)29-15-18-31(38)28(20-29)19-25-13-16-30(17-14-25)47-37(39,40)41/h3-18,20,24,32-33H,19,21-23H2,1-2H3/t24-,32-,33+,35-,36-/m0/s1. The van der Waals surface area contributed by atoms with Crippen LogP contribution >= 0.6 is 11.6 Å². The molecular formula is C37H34ClF3O7. The second-order valence-corrected chi connectivity index (χ2v) is 12.3. The van der Waals surface area contributed by atoms with Crippen LogP contribution in [0.3, 0.4) is 0 Å². The molecule has 0 N–H and O–H groups in total. The van der Waals surface area contributed by atoms with Gasteiger partial charge in [-0.05, 0) is 52.9 Å². The van der Waals surface area contributed by atoms with Crippen LogP contribution in [0.15, 0.2) is 103 Å². The van der Waals surface area contributed by atoms with E-state index in [0.29, 0.717) is 21.7 Å². The number of rotatable bonds is 11. The molecule has 2 aliphatic heterocycles. The summed E-state index contributed by atoms with van der Waals surface area (Å²) in [6.07, 6.45) is -6.07. The van der Waals surface area contributed by atoms with Gasteiger partial charge in [0.05, 0.1) is 33.0 Å². The van der Waals surface area contributed by atoms with Gasteiger partial charge in [-0.2, -0.15) is 0 Å². The molecule has 0 amide bonds. The third-order valence-electron chi connectivity index (χ3n) is 8.82. The number of halogens is 4. The van der Waals surface area contributed by atoms with Gasteiger partial charge in [0.2, 0.25) is 5.79 Å². The van der Waals surface area contributed by atoms with E-state index in [-0.39, 0.29) is 32.0 Å². The number of fused-ring (bicyclic) bond motifs is 2. The normalized spacial score (nSPS) is 25.1. The van der Waals surface area contributed by atoms with Gasteiger partial charge < -0.3 is 28.4 Å². The Hall–Kier alpha value is -3.93. The highest BCUT2D eigenvalue weighted by molar-refractivity contribution is 6.31. The molecule has 0 aliphatic carbocycles. The molecule has 2 bridgehead atoms. The fourth-order valence-electron chi connectivity index (χ4n) is 6.34. The molecule has 0 saturated carbocycles. The number of esters is 1. The first-order chi connectivity index (χ1) is 23.0. The van der Waals surface area contributed by atoms with Crippen molar-refractivity contribution in [2.75, 3.05) is 13.7 Å². The predicted molar refractivity (Wildman–Crippen MR) is 170 cm³/mol. The number of carbonyl (C=O) groups excluding carboxylic acids is 1. The lowest BCUT2D eigenvalue weighted by Crippen LogP contribution is -2.64. The minimum atomic E-state index is -4.79. The van der Waals surface area contributed by atoms with E-state index in [4.69, 9.17) is 35.3 Å². The first kappa shape index (κ1) is 34.0. The Balaban J connectivity index is 1.39. The maximum Gasteiger partial charge on any atom is 0.573 e. The molecule has 4 aromatic rings. The third-order valence-corrected chi connectivity index (χ3v) is 9.19. The zero-order valence-corrected chi connectivity index (χ0v) is 27.0. The van der Waals surface area contributed by atoms with Crippen LogP contribution in [0.1, 0.15) is 34.7 Å². The maximum absolute atomic E-state index is 13.5. The lowest BCUT2D eigenvalue weighted by atomic mass is 9.77. The zero-order chi connectivity index (χ0) is 33.9. The lowest BCUT2D eigenvalue weighted by molar-refractivity contribution is -0.330. The Labute approximate surface area is 281 Å². The van der Waals surface area contributed by atoms with Crippen LogP contribution in [0, 0.1) is 5.92 Å². The van der Waals surface area contributed by atoms with Gasteiger partial charge in [0.1, 0.15) is 11.9 Å². The summed E-state index contributed by atoms with van der Waals surface area (Å²) in [7, 11) is 1.30. The topological polar surface area (TPSA) is 72.5 Å². The van der Waals surface area contributed by atoms with E-state index in [1.807, 2.05) is 67.6 Å². The van der Waals surface area contributed by atoms with E-state index in [9.17, 15) is 18.0 Å². The average Bonchev–Trinajstić information content (AvgIpc) is 3.46. The molecule has 2 fully saturated rings. The largest absolute Gasteiger partial charge is 0.573 e. The molecule has 7 nitrogen and oxygen atoms in total. The van der Waals surface area contributed by atoms with Gasteiger partial charge in [0.15, 0.2) is 5.60 Å². The van der Waals surface area contributed by atoms with Crippen molar-refractivity contribution >= 4 is 17.6 Å². The van der Waals surface area contributed by atoms with Crippen molar-refractivity contribution < 1.29 is 46.4 Å². The molecule has 2 saturated heterocycles. The molecular weight excluding hydrogens is 649 g/mol. The van der Waals surface area contributed by atoms with E-state index in [2.05, 4.69) is 4.74 Å². The van der Waals surface area contributed by atoms with Crippen LogP contribution in [-0.2, 0) is 53.9 Å². The molecule has 252 valence electrons. The maximum atomic E-state index is 13.5. The highest BCUT2D eigenvalue weighted by atomic mass is 35.5. The van der Waals surface area contributed by atoms with Gasteiger partial charge in [0.25, 0.3) is 0 Å². The summed E-state index contributed by atoms with van der Waals surface area (Å²) < 4.78 is 73.9. The Kier molecular flexibility index (Phi) is 9.83. The summed E-state index contributed by atoms with van der Waals surface area (Å²) in [4.78, 5) is 13.5. The molecule has 2 aliphatic rings. The van der Waals surface area contributed by atoms with Crippen molar-refractivity contribution in [1.82, 2.24) is 0 Å². The summed E-state index contributed by atoms with van der Waals surface area (Å²) in [5.41, 5.74) is 2.22. The number of methoxy groups -OCH3 is 1. The fourth-order valence-corrected chi connectivity index (χ4v) is 6.52. The van der Waals surface area contributed by atoms with Crippen LogP contribution in [-0.4, -0.2) is 43.9 Å². The SMILES string of the molecule is COC(=O)[C@@]12CO[C@@](c3ccc(Cl)c(Cc4ccc(OC(F)(F)F)cc4)c3)(O1)[C@H](OCc1ccccc1)[C@@H](OCc1ccccc1)[C@@H]2C. The second-order valence-electron chi connectivity index (χ2n) is 11.9. The van der Waals surface area contributed by atoms with Crippen LogP contribution in [0.5, 0.6) is 5.75 Å². The van der Waals surface area contributed by atoms with Crippen molar-refractivity contribution in [2.45, 2.75) is 56.5 Å². The monoisotopic (exact) mass is 682 g/mol. The Bertz CT molecular complexity index is 1700. The highest BCUT2D eigenvalue weighted by Gasteiger charge is 2.71. The third kappa shape index (κ3) is 6.95. The number of ether oxygens (including phenoxy) is 6. The first-order valence-corrected chi connectivity index (χ1v) is 15.8. The van der Waals surface area contributed by atoms with Crippen LogP contribution in [0.2, 0.25) is 5.02 Å². The number of carbonyl (C=O) groups is 1. The predicted octanol–water partition coefficient (Wildman–Crippen LogP) is 7.76. The molecule has 5 atom stereocenters. The minimum absolute atomic E-state index is 0.115. The van der Waals surface area contributed by atoms with Gasteiger partial charge in [0, 0.05) is 16.5 Å². The number of benzene rings is 4. The summed E-state index contributed by atoms with van der Waals surface area (Å²) in [6.45, 7) is 2.20. The molecule has 4 aromatic carbocycles. The first-order valence-electron chi connectivity index (χ1n) is 15.4. The fraction of sp³-hybridized carbons (Fsp3) is 0.324. The van der Waals surface area contributed by atoms with Gasteiger partial charge in [-0.3, -0.25) is 0 Å². The number of alkyl halides is 3. The van der Waals surface area contributed by atoms with Crippen LogP contribution in [0.25, 0.3) is 0 Å².